The van der Waals surface area contributed by atoms with E-state index >= 15 is 0 Å². The molecule has 3 heteroatoms. The van der Waals surface area contributed by atoms with Gasteiger partial charge < -0.3 is 10.3 Å². The molecule has 0 aromatic carbocycles. The maximum atomic E-state index is 5.79. The number of aryl methyl sites for hydroxylation is 1. The Bertz CT molecular complexity index is 537. The molecule has 0 bridgehead atoms. The topological polar surface area (TPSA) is 43.8 Å². The quantitative estimate of drug-likeness (QED) is 0.878. The highest BCUT2D eigenvalue weighted by Crippen LogP contribution is 2.48. The third kappa shape index (κ3) is 1.49. The summed E-state index contributed by atoms with van der Waals surface area (Å²) in [6, 6.07) is 4.22. The van der Waals surface area contributed by atoms with Crippen LogP contribution in [0.3, 0.4) is 0 Å². The van der Waals surface area contributed by atoms with Crippen LogP contribution in [0.2, 0.25) is 0 Å². The van der Waals surface area contributed by atoms with Gasteiger partial charge >= 0.3 is 0 Å². The summed E-state index contributed by atoms with van der Waals surface area (Å²) in [4.78, 5) is 4.47. The van der Waals surface area contributed by atoms with Crippen molar-refractivity contribution in [1.82, 2.24) is 9.55 Å². The predicted octanol–water partition coefficient (Wildman–Crippen LogP) is 2.34. The van der Waals surface area contributed by atoms with E-state index in [9.17, 15) is 0 Å². The lowest BCUT2D eigenvalue weighted by Gasteiger charge is -2.42. The fraction of sp³-hybridized carbons (Fsp3) is 0.500. The van der Waals surface area contributed by atoms with Crippen molar-refractivity contribution in [3.63, 3.8) is 0 Å². The van der Waals surface area contributed by atoms with Gasteiger partial charge in [-0.1, -0.05) is 6.42 Å². The number of nitrogens with zero attached hydrogens (tertiary/aromatic N) is 2. The van der Waals surface area contributed by atoms with Gasteiger partial charge in [-0.25, -0.2) is 4.98 Å². The molecule has 90 valence electrons. The van der Waals surface area contributed by atoms with E-state index in [1.807, 2.05) is 12.3 Å². The number of nitrogens with two attached hydrogens (primary N) is 1. The smallest absolute Gasteiger partial charge is 0.139 e. The molecule has 0 aliphatic heterocycles. The molecule has 0 atom stereocenters. The molecule has 2 heterocycles. The molecule has 0 spiro atoms. The highest BCUT2D eigenvalue weighted by molar-refractivity contribution is 5.81. The minimum atomic E-state index is 0.331. The van der Waals surface area contributed by atoms with Gasteiger partial charge in [0.2, 0.25) is 0 Å². The van der Waals surface area contributed by atoms with Crippen molar-refractivity contribution < 1.29 is 0 Å². The first-order valence-corrected chi connectivity index (χ1v) is 6.37. The van der Waals surface area contributed by atoms with Crippen LogP contribution in [0.15, 0.2) is 24.5 Å². The van der Waals surface area contributed by atoms with Crippen molar-refractivity contribution >= 4 is 11.0 Å². The summed E-state index contributed by atoms with van der Waals surface area (Å²) < 4.78 is 2.14. The molecule has 0 amide bonds. The van der Waals surface area contributed by atoms with Crippen LogP contribution in [0, 0.1) is 0 Å². The number of pyridine rings is 1. The van der Waals surface area contributed by atoms with Crippen LogP contribution >= 0.6 is 0 Å². The van der Waals surface area contributed by atoms with Gasteiger partial charge in [0.1, 0.15) is 5.65 Å². The van der Waals surface area contributed by atoms with Gasteiger partial charge in [-0.2, -0.15) is 0 Å². The van der Waals surface area contributed by atoms with Gasteiger partial charge in [-0.15, -0.1) is 0 Å². The van der Waals surface area contributed by atoms with Crippen LogP contribution in [0.5, 0.6) is 0 Å². The predicted molar refractivity (Wildman–Crippen MR) is 69.9 cm³/mol. The van der Waals surface area contributed by atoms with Crippen molar-refractivity contribution in [3.8, 4) is 0 Å². The van der Waals surface area contributed by atoms with Crippen molar-refractivity contribution in [2.45, 2.75) is 31.1 Å². The fourth-order valence-corrected chi connectivity index (χ4v) is 3.17. The Balaban J connectivity index is 2.16. The van der Waals surface area contributed by atoms with Gasteiger partial charge in [0.15, 0.2) is 0 Å². The highest BCUT2D eigenvalue weighted by atomic mass is 15.0. The van der Waals surface area contributed by atoms with Crippen molar-refractivity contribution in [3.05, 3.63) is 30.1 Å². The first kappa shape index (κ1) is 10.8. The van der Waals surface area contributed by atoms with Crippen LogP contribution in [-0.2, 0) is 12.5 Å². The number of hydrogen-bond donors (Lipinski definition) is 1. The standard InChI is InChI=1S/C14H19N3/c1-17-10-12(11-4-2-9-16-13(11)17)14(7-8-15)5-3-6-14/h2,4,9-10H,3,5-8,15H2,1H3. The Morgan fingerprint density at radius 2 is 2.29 bits per heavy atom. The van der Waals surface area contributed by atoms with Crippen LogP contribution in [-0.4, -0.2) is 16.1 Å². The minimum absolute atomic E-state index is 0.331. The lowest BCUT2D eigenvalue weighted by atomic mass is 9.62. The third-order valence-electron chi connectivity index (χ3n) is 4.24. The van der Waals surface area contributed by atoms with Crippen molar-refractivity contribution in [2.24, 2.45) is 12.8 Å². The summed E-state index contributed by atoms with van der Waals surface area (Å²) in [6.07, 6.45) is 9.10. The zero-order valence-corrected chi connectivity index (χ0v) is 10.3. The molecule has 2 aromatic rings. The lowest BCUT2D eigenvalue weighted by molar-refractivity contribution is 0.231. The van der Waals surface area contributed by atoms with E-state index in [1.165, 1.54) is 30.2 Å². The Hall–Kier alpha value is -1.35. The maximum Gasteiger partial charge on any atom is 0.139 e. The molecule has 1 fully saturated rings. The lowest BCUT2D eigenvalue weighted by Crippen LogP contribution is -2.36. The second-order valence-electron chi connectivity index (χ2n) is 5.20. The molecular formula is C14H19N3. The molecule has 1 aliphatic rings. The van der Waals surface area contributed by atoms with Crippen LogP contribution in [0.1, 0.15) is 31.2 Å². The first-order chi connectivity index (χ1) is 8.27. The van der Waals surface area contributed by atoms with Gasteiger partial charge in [0.25, 0.3) is 0 Å². The van der Waals surface area contributed by atoms with E-state index < -0.39 is 0 Å². The highest BCUT2D eigenvalue weighted by Gasteiger charge is 2.39. The number of rotatable bonds is 3. The van der Waals surface area contributed by atoms with E-state index in [0.717, 1.165) is 18.6 Å². The third-order valence-corrected chi connectivity index (χ3v) is 4.24. The van der Waals surface area contributed by atoms with Crippen LogP contribution in [0.25, 0.3) is 11.0 Å². The Morgan fingerprint density at radius 3 is 2.94 bits per heavy atom. The summed E-state index contributed by atoms with van der Waals surface area (Å²) >= 11 is 0. The fourth-order valence-electron chi connectivity index (χ4n) is 3.17. The SMILES string of the molecule is Cn1cc(C2(CCN)CCC2)c2cccnc21. The van der Waals surface area contributed by atoms with Crippen LogP contribution in [0.4, 0.5) is 0 Å². The largest absolute Gasteiger partial charge is 0.335 e. The van der Waals surface area contributed by atoms with Gasteiger partial charge in [0.05, 0.1) is 0 Å². The zero-order chi connectivity index (χ0) is 11.9. The summed E-state index contributed by atoms with van der Waals surface area (Å²) in [7, 11) is 2.08. The normalized spacial score (nSPS) is 18.2. The monoisotopic (exact) mass is 229 g/mol. The first-order valence-electron chi connectivity index (χ1n) is 6.37. The Kier molecular flexibility index (Phi) is 2.44. The molecule has 0 saturated heterocycles. The molecule has 2 aromatic heterocycles. The second kappa shape index (κ2) is 3.84. The zero-order valence-electron chi connectivity index (χ0n) is 10.3. The molecule has 2 N–H and O–H groups in total. The second-order valence-corrected chi connectivity index (χ2v) is 5.20. The summed E-state index contributed by atoms with van der Waals surface area (Å²) in [6.45, 7) is 0.774. The molecule has 1 saturated carbocycles. The number of hydrogen-bond acceptors (Lipinski definition) is 2. The molecule has 3 nitrogen and oxygen atoms in total. The maximum absolute atomic E-state index is 5.79. The number of fused-ring (bicyclic) bond motifs is 1. The van der Waals surface area contributed by atoms with Crippen molar-refractivity contribution in [1.29, 1.82) is 0 Å². The van der Waals surface area contributed by atoms with E-state index in [0.29, 0.717) is 5.41 Å². The van der Waals surface area contributed by atoms with Crippen LogP contribution < -0.4 is 5.73 Å². The van der Waals surface area contributed by atoms with E-state index in [-0.39, 0.29) is 0 Å². The molecular weight excluding hydrogens is 210 g/mol. The Labute approximate surface area is 102 Å². The number of aromatic nitrogens is 2. The average molecular weight is 229 g/mol. The van der Waals surface area contributed by atoms with Gasteiger partial charge in [-0.3, -0.25) is 0 Å². The van der Waals surface area contributed by atoms with Gasteiger partial charge in [-0.05, 0) is 48.9 Å². The molecule has 3 rings (SSSR count). The van der Waals surface area contributed by atoms with Crippen molar-refractivity contribution in [2.75, 3.05) is 6.54 Å². The van der Waals surface area contributed by atoms with E-state index in [2.05, 4.69) is 28.9 Å². The molecule has 1 aliphatic carbocycles. The molecule has 0 unspecified atom stereocenters. The summed E-state index contributed by atoms with van der Waals surface area (Å²) in [5.41, 5.74) is 8.67. The Morgan fingerprint density at radius 1 is 1.47 bits per heavy atom. The van der Waals surface area contributed by atoms with E-state index in [4.69, 9.17) is 5.73 Å². The van der Waals surface area contributed by atoms with Gasteiger partial charge in [0, 0.05) is 24.8 Å². The molecule has 0 radical (unpaired) electrons. The molecule has 17 heavy (non-hydrogen) atoms. The minimum Gasteiger partial charge on any atom is -0.335 e. The average Bonchev–Trinajstić information content (AvgIpc) is 2.63. The summed E-state index contributed by atoms with van der Waals surface area (Å²) in [5, 5.41) is 1.31. The summed E-state index contributed by atoms with van der Waals surface area (Å²) in [5.74, 6) is 0. The van der Waals surface area contributed by atoms with E-state index in [1.54, 1.807) is 0 Å².